The van der Waals surface area contributed by atoms with Crippen LogP contribution in [0.15, 0.2) is 65.7 Å². The fraction of sp³-hybridized carbons (Fsp3) is 0.167. The normalized spacial score (nSPS) is 13.1. The fourth-order valence-electron chi connectivity index (χ4n) is 4.05. The van der Waals surface area contributed by atoms with Gasteiger partial charge in [-0.2, -0.15) is 0 Å². The van der Waals surface area contributed by atoms with Crippen molar-refractivity contribution in [3.8, 4) is 11.3 Å². The van der Waals surface area contributed by atoms with E-state index in [9.17, 15) is 9.59 Å². The number of carbonyl (C=O) groups excluding carboxylic acids is 2. The molecule has 1 amide bonds. The maximum absolute atomic E-state index is 12.8. The number of amides is 1. The van der Waals surface area contributed by atoms with Crippen molar-refractivity contribution in [2.45, 2.75) is 25.7 Å². The Bertz CT molecular complexity index is 1240. The molecule has 0 unspecified atom stereocenters. The van der Waals surface area contributed by atoms with Crippen molar-refractivity contribution in [1.29, 1.82) is 0 Å². The molecule has 3 aromatic heterocycles. The number of aryl methyl sites for hydroxylation is 1. The summed E-state index contributed by atoms with van der Waals surface area (Å²) in [4.78, 5) is 36.7. The SMILES string of the molecule is O=C(Nc1cc(-c2[nH]c3c(c2Cc2ccccc2)C(=O)CCC3)ccn1)c1cocn1. The molecule has 1 aliphatic rings. The van der Waals surface area contributed by atoms with Gasteiger partial charge in [0.2, 0.25) is 0 Å². The lowest BCUT2D eigenvalue weighted by atomic mass is 9.90. The lowest BCUT2D eigenvalue weighted by Gasteiger charge is -2.12. The number of aromatic nitrogens is 3. The smallest absolute Gasteiger partial charge is 0.278 e. The second-order valence-corrected chi connectivity index (χ2v) is 7.53. The zero-order valence-electron chi connectivity index (χ0n) is 16.7. The molecule has 31 heavy (non-hydrogen) atoms. The molecule has 5 rings (SSSR count). The molecule has 7 heteroatoms. The third kappa shape index (κ3) is 3.77. The van der Waals surface area contributed by atoms with Crippen LogP contribution in [0.25, 0.3) is 11.3 Å². The van der Waals surface area contributed by atoms with Crippen molar-refractivity contribution in [1.82, 2.24) is 15.0 Å². The Hall–Kier alpha value is -4.00. The third-order valence-electron chi connectivity index (χ3n) is 5.47. The number of rotatable bonds is 5. The van der Waals surface area contributed by atoms with Gasteiger partial charge in [-0.05, 0) is 36.1 Å². The minimum atomic E-state index is -0.399. The van der Waals surface area contributed by atoms with Crippen LogP contribution >= 0.6 is 0 Å². The molecular weight excluding hydrogens is 392 g/mol. The van der Waals surface area contributed by atoms with E-state index in [-0.39, 0.29) is 11.5 Å². The number of oxazole rings is 1. The molecular formula is C24H20N4O3. The van der Waals surface area contributed by atoms with Crippen LogP contribution in [0.3, 0.4) is 0 Å². The Kier molecular flexibility index (Phi) is 4.92. The Morgan fingerprint density at radius 3 is 2.81 bits per heavy atom. The zero-order chi connectivity index (χ0) is 21.2. The fourth-order valence-corrected chi connectivity index (χ4v) is 4.05. The van der Waals surface area contributed by atoms with Crippen molar-refractivity contribution >= 4 is 17.5 Å². The van der Waals surface area contributed by atoms with Gasteiger partial charge in [-0.15, -0.1) is 0 Å². The first kappa shape index (κ1) is 19.0. The number of pyridine rings is 1. The Labute approximate surface area is 178 Å². The number of Topliss-reactive ketones (excluding diaryl/α,β-unsaturated/α-hetero) is 1. The van der Waals surface area contributed by atoms with Gasteiger partial charge in [0.1, 0.15) is 12.1 Å². The van der Waals surface area contributed by atoms with E-state index < -0.39 is 5.91 Å². The molecule has 0 spiro atoms. The summed E-state index contributed by atoms with van der Waals surface area (Å²) in [6.07, 6.45) is 7.05. The van der Waals surface area contributed by atoms with Crippen LogP contribution in [0, 0.1) is 0 Å². The first-order valence-corrected chi connectivity index (χ1v) is 10.2. The molecule has 0 bridgehead atoms. The maximum Gasteiger partial charge on any atom is 0.278 e. The van der Waals surface area contributed by atoms with Crippen LogP contribution in [-0.4, -0.2) is 26.6 Å². The van der Waals surface area contributed by atoms with Crippen molar-refractivity contribution in [2.24, 2.45) is 0 Å². The summed E-state index contributed by atoms with van der Waals surface area (Å²) in [5.74, 6) is 0.183. The van der Waals surface area contributed by atoms with Gasteiger partial charge in [-0.3, -0.25) is 9.59 Å². The van der Waals surface area contributed by atoms with Crippen LogP contribution in [0.1, 0.15) is 50.5 Å². The van der Waals surface area contributed by atoms with Crippen molar-refractivity contribution in [3.63, 3.8) is 0 Å². The summed E-state index contributed by atoms with van der Waals surface area (Å²) in [5.41, 5.74) is 5.86. The second kappa shape index (κ2) is 8.02. The largest absolute Gasteiger partial charge is 0.451 e. The quantitative estimate of drug-likeness (QED) is 0.505. The highest BCUT2D eigenvalue weighted by molar-refractivity contribution is 6.03. The summed E-state index contributed by atoms with van der Waals surface area (Å²) < 4.78 is 4.87. The highest BCUT2D eigenvalue weighted by Crippen LogP contribution is 2.35. The highest BCUT2D eigenvalue weighted by atomic mass is 16.3. The van der Waals surface area contributed by atoms with E-state index in [0.717, 1.165) is 46.5 Å². The average Bonchev–Trinajstić information content (AvgIpc) is 3.44. The number of anilines is 1. The van der Waals surface area contributed by atoms with Crippen LogP contribution < -0.4 is 5.32 Å². The number of carbonyl (C=O) groups is 2. The number of aromatic amines is 1. The topological polar surface area (TPSA) is 101 Å². The first-order valence-electron chi connectivity index (χ1n) is 10.2. The predicted molar refractivity (Wildman–Crippen MR) is 115 cm³/mol. The summed E-state index contributed by atoms with van der Waals surface area (Å²) in [6.45, 7) is 0. The molecule has 0 atom stereocenters. The third-order valence-corrected chi connectivity index (χ3v) is 5.47. The molecule has 0 aliphatic heterocycles. The maximum atomic E-state index is 12.8. The lowest BCUT2D eigenvalue weighted by Crippen LogP contribution is -2.13. The zero-order valence-corrected chi connectivity index (χ0v) is 16.7. The molecule has 154 valence electrons. The van der Waals surface area contributed by atoms with E-state index in [0.29, 0.717) is 18.7 Å². The van der Waals surface area contributed by atoms with Gasteiger partial charge in [-0.1, -0.05) is 30.3 Å². The minimum absolute atomic E-state index is 0.179. The van der Waals surface area contributed by atoms with Gasteiger partial charge < -0.3 is 14.7 Å². The number of hydrogen-bond acceptors (Lipinski definition) is 5. The predicted octanol–water partition coefficient (Wildman–Crippen LogP) is 4.43. The number of H-pyrrole nitrogens is 1. The molecule has 1 aliphatic carbocycles. The van der Waals surface area contributed by atoms with Crippen LogP contribution in [0.2, 0.25) is 0 Å². The number of benzene rings is 1. The second-order valence-electron chi connectivity index (χ2n) is 7.53. The van der Waals surface area contributed by atoms with E-state index >= 15 is 0 Å². The van der Waals surface area contributed by atoms with Gasteiger partial charge >= 0.3 is 0 Å². The molecule has 0 saturated heterocycles. The molecule has 0 fully saturated rings. The summed E-state index contributed by atoms with van der Waals surface area (Å²) >= 11 is 0. The number of nitrogens with zero attached hydrogens (tertiary/aromatic N) is 2. The number of fused-ring (bicyclic) bond motifs is 1. The summed E-state index contributed by atoms with van der Waals surface area (Å²) in [5, 5.41) is 2.74. The standard InChI is InChI=1S/C24H20N4O3/c29-20-8-4-7-18-22(20)17(11-15-5-2-1-3-6-15)23(27-18)16-9-10-25-21(12-16)28-24(30)19-13-31-14-26-19/h1-3,5-6,9-10,12-14,27H,4,7-8,11H2,(H,25,28,30). The van der Waals surface area contributed by atoms with E-state index in [1.54, 1.807) is 12.3 Å². The molecule has 4 aromatic rings. The number of ketones is 1. The minimum Gasteiger partial charge on any atom is -0.451 e. The Morgan fingerprint density at radius 2 is 2.00 bits per heavy atom. The molecule has 0 saturated carbocycles. The van der Waals surface area contributed by atoms with Gasteiger partial charge in [0.25, 0.3) is 5.91 Å². The van der Waals surface area contributed by atoms with Gasteiger partial charge in [0, 0.05) is 35.9 Å². The molecule has 3 heterocycles. The number of nitrogens with one attached hydrogen (secondary N) is 2. The van der Waals surface area contributed by atoms with Crippen molar-refractivity contribution in [2.75, 3.05) is 5.32 Å². The van der Waals surface area contributed by atoms with Gasteiger partial charge in [-0.25, -0.2) is 9.97 Å². The molecule has 2 N–H and O–H groups in total. The Morgan fingerprint density at radius 1 is 1.13 bits per heavy atom. The first-order chi connectivity index (χ1) is 15.2. The summed E-state index contributed by atoms with van der Waals surface area (Å²) in [7, 11) is 0. The van der Waals surface area contributed by atoms with Crippen molar-refractivity contribution < 1.29 is 14.0 Å². The average molecular weight is 412 g/mol. The molecule has 1 aromatic carbocycles. The monoisotopic (exact) mass is 412 g/mol. The van der Waals surface area contributed by atoms with Gasteiger partial charge in [0.05, 0.1) is 5.69 Å². The Balaban J connectivity index is 1.54. The van der Waals surface area contributed by atoms with Crippen LogP contribution in [0.4, 0.5) is 5.82 Å². The highest BCUT2D eigenvalue weighted by Gasteiger charge is 2.26. The van der Waals surface area contributed by atoms with Crippen LogP contribution in [-0.2, 0) is 12.8 Å². The van der Waals surface area contributed by atoms with Crippen molar-refractivity contribution in [3.05, 3.63) is 89.4 Å². The molecule has 0 radical (unpaired) electrons. The van der Waals surface area contributed by atoms with Crippen LogP contribution in [0.5, 0.6) is 0 Å². The molecule has 7 nitrogen and oxygen atoms in total. The van der Waals surface area contributed by atoms with Gasteiger partial charge in [0.15, 0.2) is 17.9 Å². The van der Waals surface area contributed by atoms with E-state index in [2.05, 4.69) is 32.4 Å². The number of hydrogen-bond donors (Lipinski definition) is 2. The lowest BCUT2D eigenvalue weighted by molar-refractivity contribution is 0.0970. The van der Waals surface area contributed by atoms with E-state index in [1.807, 2.05) is 24.3 Å². The summed E-state index contributed by atoms with van der Waals surface area (Å²) in [6, 6.07) is 13.8. The van der Waals surface area contributed by atoms with E-state index in [4.69, 9.17) is 4.42 Å². The van der Waals surface area contributed by atoms with E-state index in [1.165, 1.54) is 12.7 Å².